The Kier molecular flexibility index (Phi) is 12.1. The predicted octanol–water partition coefficient (Wildman–Crippen LogP) is -0.394. The molecule has 0 aromatic carbocycles. The lowest BCUT2D eigenvalue weighted by Gasteiger charge is -2.42. The van der Waals surface area contributed by atoms with Crippen molar-refractivity contribution in [2.75, 3.05) is 13.2 Å². The lowest BCUT2D eigenvalue weighted by atomic mass is 9.70. The van der Waals surface area contributed by atoms with E-state index in [1.807, 2.05) is 0 Å². The Labute approximate surface area is 215 Å². The standard InChI is InChI=1S/C25H38N2O10/c1-6-17(24(35)23(34)14(3)15(4)28)13(2)12-37-22(33)9-19(27-16(5)29)18-7-8-25(18,36)10-20(30)26-11-21(31)32/h7-8,14-15,18-19,24,28,35-36H,6,9-12H2,1-5H3,(H,26,30)(H,27,29)(H,31,32)/b17-13+/t14?,15-,18?,19+,24+,25?/m0/s1. The Morgan fingerprint density at radius 2 is 1.73 bits per heavy atom. The number of hydrogen-bond donors (Lipinski definition) is 6. The van der Waals surface area contributed by atoms with Crippen LogP contribution in [0, 0.1) is 11.8 Å². The molecule has 0 aromatic rings. The maximum Gasteiger partial charge on any atom is 0.322 e. The number of hydrogen-bond acceptors (Lipinski definition) is 9. The molecular weight excluding hydrogens is 488 g/mol. The first-order valence-electron chi connectivity index (χ1n) is 12.0. The van der Waals surface area contributed by atoms with E-state index in [2.05, 4.69) is 10.6 Å². The highest BCUT2D eigenvalue weighted by Gasteiger charge is 2.46. The molecule has 2 amide bonds. The number of Topliss-reactive ketones (excluding diaryl/α,β-unsaturated/α-hetero) is 1. The molecule has 6 atom stereocenters. The molecule has 0 fully saturated rings. The molecule has 0 radical (unpaired) electrons. The zero-order valence-electron chi connectivity index (χ0n) is 21.8. The van der Waals surface area contributed by atoms with Crippen molar-refractivity contribution in [1.29, 1.82) is 0 Å². The van der Waals surface area contributed by atoms with Gasteiger partial charge in [-0.1, -0.05) is 26.0 Å². The van der Waals surface area contributed by atoms with Crippen LogP contribution in [0.25, 0.3) is 0 Å². The van der Waals surface area contributed by atoms with Gasteiger partial charge in [-0.25, -0.2) is 0 Å². The molecule has 12 heteroatoms. The van der Waals surface area contributed by atoms with Crippen molar-refractivity contribution in [3.8, 4) is 0 Å². The third-order valence-electron chi connectivity index (χ3n) is 6.41. The number of ether oxygens (including phenoxy) is 1. The van der Waals surface area contributed by atoms with Crippen LogP contribution in [-0.4, -0.2) is 87.0 Å². The van der Waals surface area contributed by atoms with Crippen LogP contribution < -0.4 is 10.6 Å². The molecule has 0 saturated heterocycles. The van der Waals surface area contributed by atoms with Crippen LogP contribution in [0.4, 0.5) is 0 Å². The number of aliphatic carboxylic acids is 1. The van der Waals surface area contributed by atoms with E-state index in [0.717, 1.165) is 0 Å². The van der Waals surface area contributed by atoms with E-state index in [0.29, 0.717) is 17.6 Å². The topological polar surface area (TPSA) is 200 Å². The molecule has 1 aliphatic carbocycles. The molecule has 12 nitrogen and oxygen atoms in total. The van der Waals surface area contributed by atoms with Gasteiger partial charge in [-0.2, -0.15) is 0 Å². The van der Waals surface area contributed by atoms with E-state index >= 15 is 0 Å². The number of amides is 2. The number of nitrogens with one attached hydrogen (secondary N) is 2. The molecule has 0 heterocycles. The minimum atomic E-state index is -1.70. The number of carboxylic acids is 1. The fourth-order valence-electron chi connectivity index (χ4n) is 4.02. The SMILES string of the molecule is CC/C(=C(/C)COC(=O)C[C@@H](NC(C)=O)C1C=CC1(O)CC(=O)NCC(=O)O)[C@@H](O)C(=O)C(C)[C@H](C)O. The summed E-state index contributed by atoms with van der Waals surface area (Å²) in [6.45, 7) is 6.67. The Balaban J connectivity index is 2.88. The second kappa shape index (κ2) is 14.0. The molecule has 3 unspecified atom stereocenters. The van der Waals surface area contributed by atoms with Gasteiger partial charge in [0.2, 0.25) is 11.8 Å². The van der Waals surface area contributed by atoms with Gasteiger partial charge in [0, 0.05) is 24.8 Å². The summed E-state index contributed by atoms with van der Waals surface area (Å²) in [6.07, 6.45) is -0.0286. The van der Waals surface area contributed by atoms with Gasteiger partial charge < -0.3 is 35.8 Å². The number of aliphatic hydroxyl groups is 3. The first-order chi connectivity index (χ1) is 17.1. The molecule has 37 heavy (non-hydrogen) atoms. The minimum absolute atomic E-state index is 0.232. The Morgan fingerprint density at radius 3 is 2.19 bits per heavy atom. The van der Waals surface area contributed by atoms with E-state index in [1.165, 1.54) is 32.9 Å². The van der Waals surface area contributed by atoms with Crippen molar-refractivity contribution in [3.63, 3.8) is 0 Å². The Morgan fingerprint density at radius 1 is 1.11 bits per heavy atom. The average Bonchev–Trinajstić information content (AvgIpc) is 2.79. The average molecular weight is 527 g/mol. The van der Waals surface area contributed by atoms with Crippen LogP contribution in [0.3, 0.4) is 0 Å². The normalized spacial score (nSPS) is 22.4. The van der Waals surface area contributed by atoms with E-state index in [-0.39, 0.29) is 13.0 Å². The monoisotopic (exact) mass is 526 g/mol. The van der Waals surface area contributed by atoms with Gasteiger partial charge >= 0.3 is 11.9 Å². The predicted molar refractivity (Wildman–Crippen MR) is 131 cm³/mol. The van der Waals surface area contributed by atoms with Crippen molar-refractivity contribution in [1.82, 2.24) is 10.6 Å². The van der Waals surface area contributed by atoms with Gasteiger partial charge in [-0.3, -0.25) is 24.0 Å². The van der Waals surface area contributed by atoms with Crippen LogP contribution in [0.1, 0.15) is 53.9 Å². The van der Waals surface area contributed by atoms with Gasteiger partial charge in [-0.15, -0.1) is 0 Å². The summed E-state index contributed by atoms with van der Waals surface area (Å²) in [4.78, 5) is 59.4. The lowest BCUT2D eigenvalue weighted by Crippen LogP contribution is -2.55. The smallest absolute Gasteiger partial charge is 0.322 e. The first kappa shape index (κ1) is 31.9. The maximum atomic E-state index is 12.6. The fourth-order valence-corrected chi connectivity index (χ4v) is 4.02. The summed E-state index contributed by atoms with van der Waals surface area (Å²) >= 11 is 0. The van der Waals surface area contributed by atoms with Crippen molar-refractivity contribution < 1.29 is 49.1 Å². The lowest BCUT2D eigenvalue weighted by molar-refractivity contribution is -0.144. The highest BCUT2D eigenvalue weighted by atomic mass is 16.5. The number of esters is 1. The number of carbonyl (C=O) groups is 5. The second-order valence-corrected chi connectivity index (χ2v) is 9.39. The molecule has 208 valence electrons. The Hall–Kier alpha value is -3.09. The van der Waals surface area contributed by atoms with Crippen LogP contribution in [-0.2, 0) is 28.7 Å². The number of rotatable bonds is 15. The van der Waals surface area contributed by atoms with Crippen molar-refractivity contribution in [2.45, 2.75) is 77.7 Å². The van der Waals surface area contributed by atoms with Crippen LogP contribution >= 0.6 is 0 Å². The van der Waals surface area contributed by atoms with E-state index in [1.54, 1.807) is 13.8 Å². The van der Waals surface area contributed by atoms with E-state index < -0.39 is 78.2 Å². The molecule has 1 aliphatic rings. The van der Waals surface area contributed by atoms with E-state index in [4.69, 9.17) is 9.84 Å². The molecule has 0 aliphatic heterocycles. The highest BCUT2D eigenvalue weighted by Crippen LogP contribution is 2.37. The third-order valence-corrected chi connectivity index (χ3v) is 6.41. The first-order valence-corrected chi connectivity index (χ1v) is 12.0. The quantitative estimate of drug-likeness (QED) is 0.121. The van der Waals surface area contributed by atoms with Gasteiger partial charge in [0.25, 0.3) is 0 Å². The van der Waals surface area contributed by atoms with Crippen molar-refractivity contribution >= 4 is 29.5 Å². The summed E-state index contributed by atoms with van der Waals surface area (Å²) in [7, 11) is 0. The summed E-state index contributed by atoms with van der Waals surface area (Å²) in [6, 6.07) is -0.915. The van der Waals surface area contributed by atoms with Gasteiger partial charge in [0.1, 0.15) is 19.3 Å². The highest BCUT2D eigenvalue weighted by molar-refractivity contribution is 5.88. The molecule has 0 aromatic heterocycles. The maximum absolute atomic E-state index is 12.6. The van der Waals surface area contributed by atoms with Gasteiger partial charge in [0.15, 0.2) is 5.78 Å². The molecular formula is C25H38N2O10. The number of carbonyl (C=O) groups excluding carboxylic acids is 4. The van der Waals surface area contributed by atoms with Crippen molar-refractivity contribution in [2.24, 2.45) is 11.8 Å². The molecule has 0 spiro atoms. The van der Waals surface area contributed by atoms with Crippen LogP contribution in [0.5, 0.6) is 0 Å². The van der Waals surface area contributed by atoms with Crippen LogP contribution in [0.2, 0.25) is 0 Å². The molecule has 0 saturated carbocycles. The van der Waals surface area contributed by atoms with Gasteiger partial charge in [0.05, 0.1) is 24.5 Å². The Bertz CT molecular complexity index is 942. The zero-order chi connectivity index (χ0) is 28.5. The number of aliphatic hydroxyl groups excluding tert-OH is 2. The summed E-state index contributed by atoms with van der Waals surface area (Å²) < 4.78 is 5.30. The molecule has 6 N–H and O–H groups in total. The molecule has 1 rings (SSSR count). The van der Waals surface area contributed by atoms with Crippen LogP contribution in [0.15, 0.2) is 23.3 Å². The largest absolute Gasteiger partial charge is 0.480 e. The van der Waals surface area contributed by atoms with Gasteiger partial charge in [-0.05, 0) is 31.4 Å². The third kappa shape index (κ3) is 9.38. The van der Waals surface area contributed by atoms with E-state index in [9.17, 15) is 39.3 Å². The summed E-state index contributed by atoms with van der Waals surface area (Å²) in [5.74, 6) is -5.32. The second-order valence-electron chi connectivity index (χ2n) is 9.39. The fraction of sp³-hybridized carbons (Fsp3) is 0.640. The number of carboxylic acid groups (broad SMARTS) is 1. The van der Waals surface area contributed by atoms with Crippen molar-refractivity contribution in [3.05, 3.63) is 23.3 Å². The zero-order valence-corrected chi connectivity index (χ0v) is 21.8. The minimum Gasteiger partial charge on any atom is -0.480 e. The summed E-state index contributed by atoms with van der Waals surface area (Å²) in [5.41, 5.74) is -0.875. The number of ketones is 1. The molecule has 0 bridgehead atoms. The summed E-state index contributed by atoms with van der Waals surface area (Å²) in [5, 5.41) is 44.4.